The summed E-state index contributed by atoms with van der Waals surface area (Å²) >= 11 is 5.84. The molecule has 2 aromatic carbocycles. The van der Waals surface area contributed by atoms with Gasteiger partial charge in [-0.3, -0.25) is 4.79 Å². The first kappa shape index (κ1) is 18.1. The van der Waals surface area contributed by atoms with Crippen molar-refractivity contribution in [2.24, 2.45) is 0 Å². The summed E-state index contributed by atoms with van der Waals surface area (Å²) in [4.78, 5) is 26.5. The van der Waals surface area contributed by atoms with Gasteiger partial charge in [0.25, 0.3) is 0 Å². The number of nitrogens with zero attached hydrogens (tertiary/aromatic N) is 1. The van der Waals surface area contributed by atoms with E-state index in [-0.39, 0.29) is 11.8 Å². The Morgan fingerprint density at radius 3 is 2.42 bits per heavy atom. The summed E-state index contributed by atoms with van der Waals surface area (Å²) in [6, 6.07) is 13.3. The lowest BCUT2D eigenvalue weighted by Crippen LogP contribution is -2.44. The van der Waals surface area contributed by atoms with Crippen LogP contribution in [0.25, 0.3) is 0 Å². The van der Waals surface area contributed by atoms with Crippen LogP contribution >= 0.6 is 11.6 Å². The fourth-order valence-electron chi connectivity index (χ4n) is 3.05. The average Bonchev–Trinajstić information content (AvgIpc) is 2.92. The quantitative estimate of drug-likeness (QED) is 0.865. The second-order valence-corrected chi connectivity index (χ2v) is 6.62. The SMILES string of the molecule is COc1ccc(C2CN(C)C(=O)[C@H]2NC(=O)Nc2ccc(Cl)cc2)cc1. The van der Waals surface area contributed by atoms with Crippen molar-refractivity contribution in [1.29, 1.82) is 0 Å². The Morgan fingerprint density at radius 1 is 1.15 bits per heavy atom. The van der Waals surface area contributed by atoms with Crippen LogP contribution in [0.15, 0.2) is 48.5 Å². The number of likely N-dealkylation sites (tertiary alicyclic amines) is 1. The molecule has 1 saturated heterocycles. The van der Waals surface area contributed by atoms with Crippen molar-refractivity contribution in [3.63, 3.8) is 0 Å². The first-order valence-corrected chi connectivity index (χ1v) is 8.57. The van der Waals surface area contributed by atoms with Gasteiger partial charge in [-0.15, -0.1) is 0 Å². The number of hydrogen-bond acceptors (Lipinski definition) is 3. The van der Waals surface area contributed by atoms with Crippen molar-refractivity contribution in [2.75, 3.05) is 26.0 Å². The van der Waals surface area contributed by atoms with Crippen LogP contribution in [-0.2, 0) is 4.79 Å². The summed E-state index contributed by atoms with van der Waals surface area (Å²) in [5.41, 5.74) is 1.58. The minimum Gasteiger partial charge on any atom is -0.497 e. The van der Waals surface area contributed by atoms with Crippen LogP contribution < -0.4 is 15.4 Å². The molecule has 0 saturated carbocycles. The molecular weight excluding hydrogens is 354 g/mol. The number of nitrogens with one attached hydrogen (secondary N) is 2. The summed E-state index contributed by atoms with van der Waals surface area (Å²) in [5.74, 6) is 0.503. The second-order valence-electron chi connectivity index (χ2n) is 6.18. The van der Waals surface area contributed by atoms with Crippen LogP contribution in [-0.4, -0.2) is 43.6 Å². The number of methoxy groups -OCH3 is 1. The van der Waals surface area contributed by atoms with E-state index in [4.69, 9.17) is 16.3 Å². The Hall–Kier alpha value is -2.73. The van der Waals surface area contributed by atoms with E-state index in [9.17, 15) is 9.59 Å². The molecular formula is C19H20ClN3O3. The van der Waals surface area contributed by atoms with Crippen molar-refractivity contribution in [1.82, 2.24) is 10.2 Å². The third-order valence-electron chi connectivity index (χ3n) is 4.45. The summed E-state index contributed by atoms with van der Waals surface area (Å²) in [6.45, 7) is 0.539. The lowest BCUT2D eigenvalue weighted by molar-refractivity contribution is -0.128. The molecule has 0 bridgehead atoms. The molecule has 6 nitrogen and oxygen atoms in total. The molecule has 0 aliphatic carbocycles. The lowest BCUT2D eigenvalue weighted by atomic mass is 9.94. The molecule has 2 N–H and O–H groups in total. The number of urea groups is 1. The van der Waals surface area contributed by atoms with Gasteiger partial charge in [0, 0.05) is 30.2 Å². The van der Waals surface area contributed by atoms with E-state index < -0.39 is 12.1 Å². The normalized spacial score (nSPS) is 19.3. The van der Waals surface area contributed by atoms with E-state index in [0.29, 0.717) is 17.3 Å². The van der Waals surface area contributed by atoms with Crippen LogP contribution in [0.5, 0.6) is 5.75 Å². The number of likely N-dealkylation sites (N-methyl/N-ethyl adjacent to an activating group) is 1. The average molecular weight is 374 g/mol. The zero-order chi connectivity index (χ0) is 18.7. The number of carbonyl (C=O) groups is 2. The minimum absolute atomic E-state index is 0.114. The van der Waals surface area contributed by atoms with Gasteiger partial charge in [-0.25, -0.2) is 4.79 Å². The molecule has 1 aliphatic rings. The van der Waals surface area contributed by atoms with Crippen LogP contribution in [0.3, 0.4) is 0 Å². The van der Waals surface area contributed by atoms with Gasteiger partial charge in [0.1, 0.15) is 11.8 Å². The summed E-state index contributed by atoms with van der Waals surface area (Å²) in [5, 5.41) is 6.10. The number of halogens is 1. The fraction of sp³-hybridized carbons (Fsp3) is 0.263. The standard InChI is InChI=1S/C19H20ClN3O3/c1-23-11-16(12-3-9-15(26-2)10-4-12)17(18(23)24)22-19(25)21-14-7-5-13(20)6-8-14/h3-10,16-17H,11H2,1-2H3,(H2,21,22,25)/t16?,17-/m0/s1. The molecule has 136 valence electrons. The van der Waals surface area contributed by atoms with Gasteiger partial charge >= 0.3 is 6.03 Å². The van der Waals surface area contributed by atoms with E-state index in [1.165, 1.54) is 0 Å². The molecule has 26 heavy (non-hydrogen) atoms. The Labute approximate surface area is 157 Å². The molecule has 3 rings (SSSR count). The largest absolute Gasteiger partial charge is 0.497 e. The first-order chi connectivity index (χ1) is 12.5. The molecule has 0 spiro atoms. The first-order valence-electron chi connectivity index (χ1n) is 8.20. The zero-order valence-electron chi connectivity index (χ0n) is 14.5. The van der Waals surface area contributed by atoms with Gasteiger partial charge < -0.3 is 20.3 Å². The Balaban J connectivity index is 1.73. The molecule has 1 aliphatic heterocycles. The zero-order valence-corrected chi connectivity index (χ0v) is 15.3. The van der Waals surface area contributed by atoms with Crippen molar-refractivity contribution in [3.8, 4) is 5.75 Å². The Bertz CT molecular complexity index is 793. The van der Waals surface area contributed by atoms with Crippen molar-refractivity contribution in [2.45, 2.75) is 12.0 Å². The third kappa shape index (κ3) is 3.91. The number of benzene rings is 2. The van der Waals surface area contributed by atoms with E-state index in [0.717, 1.165) is 11.3 Å². The van der Waals surface area contributed by atoms with Gasteiger partial charge in [-0.2, -0.15) is 0 Å². The summed E-state index contributed by atoms with van der Waals surface area (Å²) in [6.07, 6.45) is 0. The molecule has 2 atom stereocenters. The molecule has 0 radical (unpaired) electrons. The Kier molecular flexibility index (Phi) is 5.32. The van der Waals surface area contributed by atoms with Gasteiger partial charge in [0.2, 0.25) is 5.91 Å². The van der Waals surface area contributed by atoms with E-state index in [1.54, 1.807) is 43.3 Å². The summed E-state index contributed by atoms with van der Waals surface area (Å²) < 4.78 is 5.17. The predicted molar refractivity (Wildman–Crippen MR) is 101 cm³/mol. The summed E-state index contributed by atoms with van der Waals surface area (Å²) in [7, 11) is 3.34. The maximum atomic E-state index is 12.5. The van der Waals surface area contributed by atoms with Crippen LogP contribution in [0, 0.1) is 0 Å². The lowest BCUT2D eigenvalue weighted by Gasteiger charge is -2.19. The smallest absolute Gasteiger partial charge is 0.319 e. The van der Waals surface area contributed by atoms with Crippen molar-refractivity contribution >= 4 is 29.2 Å². The van der Waals surface area contributed by atoms with Crippen molar-refractivity contribution < 1.29 is 14.3 Å². The highest BCUT2D eigenvalue weighted by Crippen LogP contribution is 2.29. The molecule has 3 amide bonds. The number of anilines is 1. The maximum Gasteiger partial charge on any atom is 0.319 e. The van der Waals surface area contributed by atoms with E-state index >= 15 is 0 Å². The number of amides is 3. The molecule has 1 fully saturated rings. The fourth-order valence-corrected chi connectivity index (χ4v) is 3.18. The minimum atomic E-state index is -0.624. The van der Waals surface area contributed by atoms with Crippen LogP contribution in [0.2, 0.25) is 5.02 Å². The number of carbonyl (C=O) groups excluding carboxylic acids is 2. The highest BCUT2D eigenvalue weighted by molar-refractivity contribution is 6.30. The molecule has 7 heteroatoms. The highest BCUT2D eigenvalue weighted by atomic mass is 35.5. The second kappa shape index (κ2) is 7.66. The number of hydrogen-bond donors (Lipinski definition) is 2. The molecule has 2 aromatic rings. The predicted octanol–water partition coefficient (Wildman–Crippen LogP) is 3.09. The molecule has 1 heterocycles. The van der Waals surface area contributed by atoms with Gasteiger partial charge in [-0.05, 0) is 42.0 Å². The van der Waals surface area contributed by atoms with Gasteiger partial charge in [-0.1, -0.05) is 23.7 Å². The monoisotopic (exact) mass is 373 g/mol. The molecule has 1 unspecified atom stereocenters. The van der Waals surface area contributed by atoms with Gasteiger partial charge in [0.05, 0.1) is 7.11 Å². The molecule has 0 aromatic heterocycles. The maximum absolute atomic E-state index is 12.5. The highest BCUT2D eigenvalue weighted by Gasteiger charge is 2.40. The van der Waals surface area contributed by atoms with Crippen LogP contribution in [0.1, 0.15) is 11.5 Å². The van der Waals surface area contributed by atoms with Gasteiger partial charge in [0.15, 0.2) is 0 Å². The number of ether oxygens (including phenoxy) is 1. The van der Waals surface area contributed by atoms with E-state index in [2.05, 4.69) is 10.6 Å². The van der Waals surface area contributed by atoms with Crippen molar-refractivity contribution in [3.05, 3.63) is 59.1 Å². The number of rotatable bonds is 4. The Morgan fingerprint density at radius 2 is 1.81 bits per heavy atom. The van der Waals surface area contributed by atoms with E-state index in [1.807, 2.05) is 24.3 Å². The third-order valence-corrected chi connectivity index (χ3v) is 4.70. The van der Waals surface area contributed by atoms with Crippen LogP contribution in [0.4, 0.5) is 10.5 Å². The topological polar surface area (TPSA) is 70.7 Å².